The van der Waals surface area contributed by atoms with Gasteiger partial charge in [0.05, 0.1) is 11.4 Å². The summed E-state index contributed by atoms with van der Waals surface area (Å²) in [7, 11) is 0. The summed E-state index contributed by atoms with van der Waals surface area (Å²) in [5, 5.41) is 9.55. The number of carboxylic acid groups (broad SMARTS) is 1. The topological polar surface area (TPSA) is 54.6 Å². The van der Waals surface area contributed by atoms with Crippen LogP contribution in [0.25, 0.3) is 5.65 Å². The Bertz CT molecular complexity index is 481. The van der Waals surface area contributed by atoms with E-state index in [2.05, 4.69) is 4.98 Å². The fourth-order valence-electron chi connectivity index (χ4n) is 1.28. The highest BCUT2D eigenvalue weighted by atomic mass is 32.2. The van der Waals surface area contributed by atoms with E-state index in [9.17, 15) is 4.79 Å². The summed E-state index contributed by atoms with van der Waals surface area (Å²) in [5.41, 5.74) is 0.885. The van der Waals surface area contributed by atoms with Crippen molar-refractivity contribution in [1.82, 2.24) is 9.38 Å². The average Bonchev–Trinajstić information content (AvgIpc) is 2.65. The summed E-state index contributed by atoms with van der Waals surface area (Å²) in [6, 6.07) is 5.80. The van der Waals surface area contributed by atoms with Gasteiger partial charge in [0, 0.05) is 18.1 Å². The quantitative estimate of drug-likeness (QED) is 0.803. The van der Waals surface area contributed by atoms with Crippen LogP contribution >= 0.6 is 11.8 Å². The number of imidazole rings is 1. The Hall–Kier alpha value is -1.49. The van der Waals surface area contributed by atoms with Gasteiger partial charge in [-0.3, -0.25) is 9.20 Å². The molecule has 15 heavy (non-hydrogen) atoms. The minimum atomic E-state index is -0.764. The van der Waals surface area contributed by atoms with Crippen molar-refractivity contribution in [3.8, 4) is 0 Å². The van der Waals surface area contributed by atoms with Crippen LogP contribution in [-0.2, 0) is 4.79 Å². The standard InChI is InChI=1S/C10H10N2O2S/c13-10(14)4-7-15-9-3-1-2-8-11-5-6-12(8)9/h1-3,5-6H,4,7H2,(H,13,14). The van der Waals surface area contributed by atoms with Gasteiger partial charge in [0.2, 0.25) is 0 Å². The van der Waals surface area contributed by atoms with Gasteiger partial charge in [-0.05, 0) is 12.1 Å². The molecule has 4 nitrogen and oxygen atoms in total. The van der Waals surface area contributed by atoms with E-state index in [1.807, 2.05) is 28.8 Å². The normalized spacial score (nSPS) is 10.7. The lowest BCUT2D eigenvalue weighted by atomic mass is 10.5. The molecule has 2 aromatic heterocycles. The molecule has 78 valence electrons. The molecule has 0 saturated carbocycles. The smallest absolute Gasteiger partial charge is 0.304 e. The summed E-state index contributed by atoms with van der Waals surface area (Å²) < 4.78 is 1.95. The fraction of sp³-hybridized carbons (Fsp3) is 0.200. The monoisotopic (exact) mass is 222 g/mol. The number of hydrogen-bond acceptors (Lipinski definition) is 3. The predicted octanol–water partition coefficient (Wildman–Crippen LogP) is 1.90. The number of carbonyl (C=O) groups is 1. The molecule has 2 aromatic rings. The molecule has 0 amide bonds. The fourth-order valence-corrected chi connectivity index (χ4v) is 2.24. The lowest BCUT2D eigenvalue weighted by Crippen LogP contribution is -1.97. The van der Waals surface area contributed by atoms with Crippen molar-refractivity contribution in [2.45, 2.75) is 11.4 Å². The minimum Gasteiger partial charge on any atom is -0.481 e. The van der Waals surface area contributed by atoms with Crippen molar-refractivity contribution in [3.05, 3.63) is 30.6 Å². The van der Waals surface area contributed by atoms with E-state index in [1.165, 1.54) is 11.8 Å². The lowest BCUT2D eigenvalue weighted by Gasteiger charge is -2.03. The maximum absolute atomic E-state index is 10.4. The number of hydrogen-bond donors (Lipinski definition) is 1. The predicted molar refractivity (Wildman–Crippen MR) is 58.2 cm³/mol. The van der Waals surface area contributed by atoms with Crippen molar-refractivity contribution in [3.63, 3.8) is 0 Å². The number of aliphatic carboxylic acids is 1. The van der Waals surface area contributed by atoms with E-state index >= 15 is 0 Å². The molecule has 0 saturated heterocycles. The van der Waals surface area contributed by atoms with Gasteiger partial charge in [0.15, 0.2) is 0 Å². The summed E-state index contributed by atoms with van der Waals surface area (Å²) in [6.45, 7) is 0. The van der Waals surface area contributed by atoms with Gasteiger partial charge in [-0.2, -0.15) is 0 Å². The van der Waals surface area contributed by atoms with Gasteiger partial charge in [-0.1, -0.05) is 6.07 Å². The largest absolute Gasteiger partial charge is 0.481 e. The molecule has 5 heteroatoms. The Morgan fingerprint density at radius 3 is 3.20 bits per heavy atom. The maximum Gasteiger partial charge on any atom is 0.304 e. The van der Waals surface area contributed by atoms with Crippen LogP contribution in [0.2, 0.25) is 0 Å². The molecule has 0 aromatic carbocycles. The molecule has 1 N–H and O–H groups in total. The van der Waals surface area contributed by atoms with Crippen molar-refractivity contribution >= 4 is 23.4 Å². The number of thioether (sulfide) groups is 1. The van der Waals surface area contributed by atoms with Crippen LogP contribution in [0.3, 0.4) is 0 Å². The van der Waals surface area contributed by atoms with E-state index in [0.717, 1.165) is 10.7 Å². The molecule has 0 unspecified atom stereocenters. The second-order valence-corrected chi connectivity index (χ2v) is 4.13. The third-order valence-electron chi connectivity index (χ3n) is 1.96. The molecule has 0 fully saturated rings. The molecule has 2 rings (SSSR count). The van der Waals surface area contributed by atoms with Crippen LogP contribution < -0.4 is 0 Å². The van der Waals surface area contributed by atoms with Crippen LogP contribution in [0.4, 0.5) is 0 Å². The first kappa shape index (κ1) is 10.0. The summed E-state index contributed by atoms with van der Waals surface area (Å²) >= 11 is 1.52. The maximum atomic E-state index is 10.4. The van der Waals surface area contributed by atoms with Gasteiger partial charge in [-0.15, -0.1) is 11.8 Å². The second-order valence-electron chi connectivity index (χ2n) is 3.01. The zero-order chi connectivity index (χ0) is 10.7. The van der Waals surface area contributed by atoms with E-state index in [0.29, 0.717) is 5.75 Å². The van der Waals surface area contributed by atoms with Gasteiger partial charge in [0.1, 0.15) is 5.65 Å². The molecule has 0 atom stereocenters. The van der Waals surface area contributed by atoms with Gasteiger partial charge in [-0.25, -0.2) is 4.98 Å². The van der Waals surface area contributed by atoms with Gasteiger partial charge in [0.25, 0.3) is 0 Å². The van der Waals surface area contributed by atoms with E-state index in [-0.39, 0.29) is 6.42 Å². The highest BCUT2D eigenvalue weighted by molar-refractivity contribution is 7.99. The van der Waals surface area contributed by atoms with Gasteiger partial charge >= 0.3 is 5.97 Å². The zero-order valence-corrected chi connectivity index (χ0v) is 8.78. The highest BCUT2D eigenvalue weighted by Crippen LogP contribution is 2.19. The summed E-state index contributed by atoms with van der Waals surface area (Å²) in [6.07, 6.45) is 3.78. The van der Waals surface area contributed by atoms with Crippen LogP contribution in [-0.4, -0.2) is 26.2 Å². The minimum absolute atomic E-state index is 0.176. The first-order valence-corrected chi connectivity index (χ1v) is 5.52. The molecule has 0 aliphatic carbocycles. The van der Waals surface area contributed by atoms with Crippen molar-refractivity contribution in [1.29, 1.82) is 0 Å². The average molecular weight is 222 g/mol. The molecule has 0 spiro atoms. The van der Waals surface area contributed by atoms with E-state index < -0.39 is 5.97 Å². The van der Waals surface area contributed by atoms with Gasteiger partial charge < -0.3 is 5.11 Å². The Balaban J connectivity index is 2.13. The Labute approximate surface area is 90.9 Å². The van der Waals surface area contributed by atoms with Crippen LogP contribution in [0.1, 0.15) is 6.42 Å². The zero-order valence-electron chi connectivity index (χ0n) is 7.96. The SMILES string of the molecule is O=C(O)CCSc1cccc2nccn12. The second kappa shape index (κ2) is 4.35. The molecule has 0 aliphatic rings. The Morgan fingerprint density at radius 2 is 2.40 bits per heavy atom. The van der Waals surface area contributed by atoms with Crippen LogP contribution in [0.15, 0.2) is 35.6 Å². The van der Waals surface area contributed by atoms with Crippen molar-refractivity contribution < 1.29 is 9.90 Å². The molecule has 0 bridgehead atoms. The van der Waals surface area contributed by atoms with Crippen LogP contribution in [0, 0.1) is 0 Å². The number of carboxylic acids is 1. The Kier molecular flexibility index (Phi) is 2.91. The molecule has 2 heterocycles. The number of nitrogens with zero attached hydrogens (tertiary/aromatic N) is 2. The number of pyridine rings is 1. The molecule has 0 radical (unpaired) electrons. The number of rotatable bonds is 4. The van der Waals surface area contributed by atoms with E-state index in [1.54, 1.807) is 6.20 Å². The first-order chi connectivity index (χ1) is 7.27. The molecular weight excluding hydrogens is 212 g/mol. The van der Waals surface area contributed by atoms with Crippen LogP contribution in [0.5, 0.6) is 0 Å². The summed E-state index contributed by atoms with van der Waals surface area (Å²) in [4.78, 5) is 14.5. The Morgan fingerprint density at radius 1 is 1.53 bits per heavy atom. The van der Waals surface area contributed by atoms with Crippen molar-refractivity contribution in [2.75, 3.05) is 5.75 Å². The third kappa shape index (κ3) is 2.30. The number of fused-ring (bicyclic) bond motifs is 1. The molecule has 0 aliphatic heterocycles. The molecular formula is C10H10N2O2S. The third-order valence-corrected chi connectivity index (χ3v) is 2.99. The van der Waals surface area contributed by atoms with E-state index in [4.69, 9.17) is 5.11 Å². The summed E-state index contributed by atoms with van der Waals surface area (Å²) in [5.74, 6) is -0.188. The van der Waals surface area contributed by atoms with Crippen molar-refractivity contribution in [2.24, 2.45) is 0 Å². The lowest BCUT2D eigenvalue weighted by molar-refractivity contribution is -0.136. The first-order valence-electron chi connectivity index (χ1n) is 4.54. The number of aromatic nitrogens is 2. The highest BCUT2D eigenvalue weighted by Gasteiger charge is 2.02.